The van der Waals surface area contributed by atoms with Crippen molar-refractivity contribution >= 4 is 0 Å². The van der Waals surface area contributed by atoms with Crippen molar-refractivity contribution in [3.63, 3.8) is 0 Å². The Morgan fingerprint density at radius 3 is 2.52 bits per heavy atom. The molecule has 25 heavy (non-hydrogen) atoms. The molecule has 0 spiro atoms. The van der Waals surface area contributed by atoms with Crippen molar-refractivity contribution in [3.05, 3.63) is 77.7 Å². The van der Waals surface area contributed by atoms with Gasteiger partial charge in [-0.1, -0.05) is 48.0 Å². The van der Waals surface area contributed by atoms with E-state index >= 15 is 0 Å². The van der Waals surface area contributed by atoms with Crippen LogP contribution in [0.5, 0.6) is 0 Å². The van der Waals surface area contributed by atoms with Crippen molar-refractivity contribution in [2.24, 2.45) is 0 Å². The maximum Gasteiger partial charge on any atom is 0.226 e. The van der Waals surface area contributed by atoms with Crippen LogP contribution >= 0.6 is 0 Å². The predicted molar refractivity (Wildman–Crippen MR) is 97.0 cm³/mol. The molecule has 0 fully saturated rings. The monoisotopic (exact) mass is 337 g/mol. The van der Waals surface area contributed by atoms with Crippen LogP contribution in [-0.2, 0) is 22.7 Å². The summed E-state index contributed by atoms with van der Waals surface area (Å²) in [6.07, 6.45) is 2.51. The fourth-order valence-corrected chi connectivity index (χ4v) is 2.52. The minimum absolute atomic E-state index is 0.453. The Labute approximate surface area is 148 Å². The molecular formula is C21H23NO3. The summed E-state index contributed by atoms with van der Waals surface area (Å²) in [5, 5.41) is 0. The van der Waals surface area contributed by atoms with Gasteiger partial charge in [-0.3, -0.25) is 0 Å². The number of hydrogen-bond acceptors (Lipinski definition) is 4. The molecule has 0 bridgehead atoms. The first-order chi connectivity index (χ1) is 12.3. The summed E-state index contributed by atoms with van der Waals surface area (Å²) in [5.41, 5.74) is 4.24. The lowest BCUT2D eigenvalue weighted by atomic mass is 10.1. The van der Waals surface area contributed by atoms with E-state index in [-0.39, 0.29) is 0 Å². The molecule has 0 atom stereocenters. The summed E-state index contributed by atoms with van der Waals surface area (Å²) >= 11 is 0. The molecule has 0 unspecified atom stereocenters. The molecule has 3 aromatic rings. The van der Waals surface area contributed by atoms with Crippen LogP contribution < -0.4 is 0 Å². The van der Waals surface area contributed by atoms with Crippen LogP contribution in [0.25, 0.3) is 11.5 Å². The number of aromatic nitrogens is 1. The van der Waals surface area contributed by atoms with Gasteiger partial charge in [0.05, 0.1) is 13.2 Å². The van der Waals surface area contributed by atoms with E-state index in [0.717, 1.165) is 17.7 Å². The second kappa shape index (κ2) is 9.16. The van der Waals surface area contributed by atoms with Gasteiger partial charge in [0.1, 0.15) is 12.0 Å². The summed E-state index contributed by atoms with van der Waals surface area (Å²) in [4.78, 5) is 4.44. The van der Waals surface area contributed by atoms with Gasteiger partial charge in [-0.15, -0.1) is 0 Å². The second-order valence-electron chi connectivity index (χ2n) is 5.96. The smallest absolute Gasteiger partial charge is 0.226 e. The van der Waals surface area contributed by atoms with E-state index < -0.39 is 0 Å². The van der Waals surface area contributed by atoms with Crippen LogP contribution in [-0.4, -0.2) is 18.2 Å². The van der Waals surface area contributed by atoms with E-state index in [1.807, 2.05) is 30.3 Å². The number of ether oxygens (including phenoxy) is 2. The molecule has 0 N–H and O–H groups in total. The van der Waals surface area contributed by atoms with Crippen molar-refractivity contribution < 1.29 is 13.9 Å². The topological polar surface area (TPSA) is 44.5 Å². The number of nitrogens with zero attached hydrogens (tertiary/aromatic N) is 1. The quantitative estimate of drug-likeness (QED) is 0.527. The van der Waals surface area contributed by atoms with E-state index in [1.54, 1.807) is 6.26 Å². The highest BCUT2D eigenvalue weighted by molar-refractivity contribution is 5.52. The first-order valence-corrected chi connectivity index (χ1v) is 8.52. The molecule has 0 aliphatic carbocycles. The molecule has 0 aliphatic heterocycles. The summed E-state index contributed by atoms with van der Waals surface area (Å²) in [5.74, 6) is 0.626. The van der Waals surface area contributed by atoms with Crippen molar-refractivity contribution in [1.82, 2.24) is 4.98 Å². The van der Waals surface area contributed by atoms with Crippen LogP contribution in [0, 0.1) is 6.92 Å². The molecule has 0 amide bonds. The third kappa shape index (κ3) is 5.55. The lowest BCUT2D eigenvalue weighted by Crippen LogP contribution is -2.02. The van der Waals surface area contributed by atoms with Crippen LogP contribution in [0.1, 0.15) is 23.2 Å². The second-order valence-corrected chi connectivity index (χ2v) is 5.96. The average molecular weight is 337 g/mol. The Kier molecular flexibility index (Phi) is 6.37. The van der Waals surface area contributed by atoms with Gasteiger partial charge in [0.2, 0.25) is 5.89 Å². The molecule has 130 valence electrons. The third-order valence-electron chi connectivity index (χ3n) is 3.75. The van der Waals surface area contributed by atoms with E-state index in [4.69, 9.17) is 13.9 Å². The van der Waals surface area contributed by atoms with Gasteiger partial charge in [0.25, 0.3) is 0 Å². The molecule has 2 aromatic carbocycles. The third-order valence-corrected chi connectivity index (χ3v) is 3.75. The summed E-state index contributed by atoms with van der Waals surface area (Å²) < 4.78 is 16.8. The zero-order chi connectivity index (χ0) is 17.3. The van der Waals surface area contributed by atoms with Gasteiger partial charge >= 0.3 is 0 Å². The Morgan fingerprint density at radius 1 is 0.920 bits per heavy atom. The molecule has 4 heteroatoms. The molecule has 0 aliphatic rings. The minimum atomic E-state index is 0.453. The number of rotatable bonds is 9. The summed E-state index contributed by atoms with van der Waals surface area (Å²) in [7, 11) is 0. The Morgan fingerprint density at radius 2 is 1.72 bits per heavy atom. The molecule has 4 nitrogen and oxygen atoms in total. The summed E-state index contributed by atoms with van der Waals surface area (Å²) in [6.45, 7) is 4.51. The van der Waals surface area contributed by atoms with Crippen LogP contribution in [0.4, 0.5) is 0 Å². The van der Waals surface area contributed by atoms with E-state index in [2.05, 4.69) is 36.2 Å². The van der Waals surface area contributed by atoms with E-state index in [1.165, 1.54) is 11.1 Å². The molecule has 3 rings (SSSR count). The molecule has 0 saturated carbocycles. The van der Waals surface area contributed by atoms with Crippen LogP contribution in [0.3, 0.4) is 0 Å². The van der Waals surface area contributed by atoms with Crippen molar-refractivity contribution in [3.8, 4) is 11.5 Å². The van der Waals surface area contributed by atoms with Crippen LogP contribution in [0.2, 0.25) is 0 Å². The summed E-state index contributed by atoms with van der Waals surface area (Å²) in [6, 6.07) is 18.2. The van der Waals surface area contributed by atoms with Crippen LogP contribution in [0.15, 0.2) is 65.3 Å². The first-order valence-electron chi connectivity index (χ1n) is 8.52. The molecule has 1 heterocycles. The lowest BCUT2D eigenvalue weighted by Gasteiger charge is -2.05. The van der Waals surface area contributed by atoms with Crippen molar-refractivity contribution in [2.45, 2.75) is 26.6 Å². The van der Waals surface area contributed by atoms with Gasteiger partial charge in [0, 0.05) is 18.8 Å². The van der Waals surface area contributed by atoms with Crippen molar-refractivity contribution in [2.75, 3.05) is 13.2 Å². The Hall–Kier alpha value is -2.43. The SMILES string of the molecule is Cc1cccc(COCCCOCc2coc(-c3ccccc3)n2)c1. The number of aryl methyl sites for hydroxylation is 1. The Balaban J connectivity index is 1.31. The molecule has 0 saturated heterocycles. The highest BCUT2D eigenvalue weighted by Gasteiger charge is 2.06. The first kappa shape index (κ1) is 17.4. The number of oxazole rings is 1. The largest absolute Gasteiger partial charge is 0.444 e. The fourth-order valence-electron chi connectivity index (χ4n) is 2.52. The van der Waals surface area contributed by atoms with E-state index in [9.17, 15) is 0 Å². The fraction of sp³-hybridized carbons (Fsp3) is 0.286. The lowest BCUT2D eigenvalue weighted by molar-refractivity contribution is 0.0684. The molecular weight excluding hydrogens is 314 g/mol. The zero-order valence-corrected chi connectivity index (χ0v) is 14.5. The van der Waals surface area contributed by atoms with Crippen molar-refractivity contribution in [1.29, 1.82) is 0 Å². The normalized spacial score (nSPS) is 10.9. The van der Waals surface area contributed by atoms with Gasteiger partial charge in [-0.2, -0.15) is 0 Å². The molecule has 0 radical (unpaired) electrons. The zero-order valence-electron chi connectivity index (χ0n) is 14.5. The van der Waals surface area contributed by atoms with Gasteiger partial charge in [-0.25, -0.2) is 4.98 Å². The minimum Gasteiger partial charge on any atom is -0.444 e. The number of hydrogen-bond donors (Lipinski definition) is 0. The maximum atomic E-state index is 5.67. The Bertz CT molecular complexity index is 768. The predicted octanol–water partition coefficient (Wildman–Crippen LogP) is 4.77. The molecule has 1 aromatic heterocycles. The standard InChI is InChI=1S/C21H23NO3/c1-17-7-5-8-18(13-17)14-23-11-6-12-24-15-20-16-25-21(22-20)19-9-3-2-4-10-19/h2-5,7-10,13,16H,6,11-12,14-15H2,1H3. The van der Waals surface area contributed by atoms with Gasteiger partial charge in [0.15, 0.2) is 0 Å². The average Bonchev–Trinajstić information content (AvgIpc) is 3.11. The highest BCUT2D eigenvalue weighted by atomic mass is 16.5. The van der Waals surface area contributed by atoms with Gasteiger partial charge in [-0.05, 0) is 31.0 Å². The maximum absolute atomic E-state index is 5.67. The van der Waals surface area contributed by atoms with Gasteiger partial charge < -0.3 is 13.9 Å². The number of benzene rings is 2. The van der Waals surface area contributed by atoms with E-state index in [0.29, 0.717) is 32.3 Å². The highest BCUT2D eigenvalue weighted by Crippen LogP contribution is 2.18.